The topological polar surface area (TPSA) is 57.9 Å². The molecule has 0 amide bonds. The number of carbonyl (C=O) groups excluding carboxylic acids is 1. The normalized spacial score (nSPS) is 9.89. The average molecular weight is 248 g/mol. The lowest BCUT2D eigenvalue weighted by Gasteiger charge is -2.11. The summed E-state index contributed by atoms with van der Waals surface area (Å²) in [6, 6.07) is 8.33. The van der Waals surface area contributed by atoms with Crippen LogP contribution in [0.4, 0.5) is 0 Å². The van der Waals surface area contributed by atoms with Gasteiger partial charge in [0.15, 0.2) is 23.5 Å². The van der Waals surface area contributed by atoms with Crippen LogP contribution in [0.3, 0.4) is 0 Å². The van der Waals surface area contributed by atoms with Crippen molar-refractivity contribution in [3.05, 3.63) is 36.1 Å². The number of hydrogen-bond acceptors (Lipinski definition) is 5. The number of carbonyl (C=O) groups is 1. The summed E-state index contributed by atoms with van der Waals surface area (Å²) in [5.74, 6) is 1.81. The maximum Gasteiger partial charge on any atom is 0.290 e. The fourth-order valence-corrected chi connectivity index (χ4v) is 1.47. The van der Waals surface area contributed by atoms with Gasteiger partial charge in [-0.3, -0.25) is 4.79 Å². The molecule has 0 atom stereocenters. The Kier molecular flexibility index (Phi) is 3.52. The molecule has 1 aromatic carbocycles. The molecule has 0 N–H and O–H groups in total. The predicted octanol–water partition coefficient (Wildman–Crippen LogP) is 2.90. The first-order valence-electron chi connectivity index (χ1n) is 5.22. The van der Waals surface area contributed by atoms with Crippen LogP contribution in [0, 0.1) is 0 Å². The molecule has 0 unspecified atom stereocenters. The largest absolute Gasteiger partial charge is 0.493 e. The van der Waals surface area contributed by atoms with Crippen molar-refractivity contribution in [2.75, 3.05) is 14.2 Å². The standard InChI is InChI=1S/C13H12O5/c1-15-10-4-3-5-11(16-2)13(10)18-12-7-6-9(8-14)17-12/h3-8H,1-2H3. The third kappa shape index (κ3) is 2.29. The number of benzene rings is 1. The Morgan fingerprint density at radius 2 is 1.72 bits per heavy atom. The van der Waals surface area contributed by atoms with Gasteiger partial charge in [-0.15, -0.1) is 0 Å². The summed E-state index contributed by atoms with van der Waals surface area (Å²) in [5.41, 5.74) is 0. The fourth-order valence-electron chi connectivity index (χ4n) is 1.47. The van der Waals surface area contributed by atoms with Gasteiger partial charge in [-0.1, -0.05) is 6.07 Å². The average Bonchev–Trinajstić information content (AvgIpc) is 2.86. The van der Waals surface area contributed by atoms with Gasteiger partial charge in [0.1, 0.15) is 0 Å². The van der Waals surface area contributed by atoms with E-state index in [9.17, 15) is 4.79 Å². The second-order valence-corrected chi connectivity index (χ2v) is 3.37. The molecule has 94 valence electrons. The summed E-state index contributed by atoms with van der Waals surface area (Å²) >= 11 is 0. The van der Waals surface area contributed by atoms with Gasteiger partial charge in [0, 0.05) is 6.07 Å². The molecule has 0 aliphatic rings. The fraction of sp³-hybridized carbons (Fsp3) is 0.154. The minimum atomic E-state index is 0.193. The minimum absolute atomic E-state index is 0.193. The molecular weight excluding hydrogens is 236 g/mol. The molecule has 5 heteroatoms. The number of furan rings is 1. The van der Waals surface area contributed by atoms with Crippen LogP contribution in [0.25, 0.3) is 0 Å². The lowest BCUT2D eigenvalue weighted by atomic mass is 10.3. The zero-order valence-corrected chi connectivity index (χ0v) is 10.0. The third-order valence-electron chi connectivity index (χ3n) is 2.30. The summed E-state index contributed by atoms with van der Waals surface area (Å²) in [5, 5.41) is 0. The lowest BCUT2D eigenvalue weighted by Crippen LogP contribution is -1.93. The summed E-state index contributed by atoms with van der Waals surface area (Å²) in [4.78, 5) is 10.5. The SMILES string of the molecule is COc1cccc(OC)c1Oc1ccc(C=O)o1. The molecule has 0 bridgehead atoms. The Hall–Kier alpha value is -2.43. The van der Waals surface area contributed by atoms with Gasteiger partial charge in [-0.05, 0) is 18.2 Å². The van der Waals surface area contributed by atoms with Crippen LogP contribution in [0.15, 0.2) is 34.7 Å². The Morgan fingerprint density at radius 1 is 1.06 bits per heavy atom. The Morgan fingerprint density at radius 3 is 2.22 bits per heavy atom. The highest BCUT2D eigenvalue weighted by molar-refractivity contribution is 5.70. The van der Waals surface area contributed by atoms with Crippen LogP contribution >= 0.6 is 0 Å². The molecule has 0 saturated heterocycles. The van der Waals surface area contributed by atoms with Gasteiger partial charge in [-0.2, -0.15) is 0 Å². The first-order chi connectivity index (χ1) is 8.78. The van der Waals surface area contributed by atoms with E-state index in [1.165, 1.54) is 20.3 Å². The number of methoxy groups -OCH3 is 2. The highest BCUT2D eigenvalue weighted by atomic mass is 16.6. The number of ether oxygens (including phenoxy) is 3. The van der Waals surface area contributed by atoms with Gasteiger partial charge in [-0.25, -0.2) is 0 Å². The Balaban J connectivity index is 2.34. The number of hydrogen-bond donors (Lipinski definition) is 0. The molecule has 1 heterocycles. The molecule has 1 aromatic heterocycles. The predicted molar refractivity (Wildman–Crippen MR) is 63.7 cm³/mol. The molecule has 0 aliphatic carbocycles. The van der Waals surface area contributed by atoms with E-state index in [0.29, 0.717) is 23.5 Å². The molecule has 0 fully saturated rings. The molecule has 2 rings (SSSR count). The van der Waals surface area contributed by atoms with E-state index in [1.54, 1.807) is 24.3 Å². The summed E-state index contributed by atoms with van der Waals surface area (Å²) in [7, 11) is 3.06. The van der Waals surface area contributed by atoms with E-state index in [2.05, 4.69) is 0 Å². The van der Waals surface area contributed by atoms with Gasteiger partial charge in [0.25, 0.3) is 5.95 Å². The van der Waals surface area contributed by atoms with Gasteiger partial charge in [0.2, 0.25) is 5.75 Å². The maximum absolute atomic E-state index is 10.5. The van der Waals surface area contributed by atoms with Crippen molar-refractivity contribution in [3.8, 4) is 23.2 Å². The third-order valence-corrected chi connectivity index (χ3v) is 2.30. The van der Waals surface area contributed by atoms with Crippen LogP contribution in [0.2, 0.25) is 0 Å². The van der Waals surface area contributed by atoms with Gasteiger partial charge < -0.3 is 18.6 Å². The molecule has 5 nitrogen and oxygen atoms in total. The van der Waals surface area contributed by atoms with Crippen LogP contribution in [0.5, 0.6) is 23.2 Å². The van der Waals surface area contributed by atoms with Gasteiger partial charge in [0.05, 0.1) is 14.2 Å². The highest BCUT2D eigenvalue weighted by Crippen LogP contribution is 2.40. The minimum Gasteiger partial charge on any atom is -0.493 e. The lowest BCUT2D eigenvalue weighted by molar-refractivity contribution is 0.109. The van der Waals surface area contributed by atoms with Crippen molar-refractivity contribution >= 4 is 6.29 Å². The smallest absolute Gasteiger partial charge is 0.290 e. The molecule has 0 saturated carbocycles. The summed E-state index contributed by atoms with van der Waals surface area (Å²) in [6.07, 6.45) is 0.603. The van der Waals surface area contributed by atoms with Crippen molar-refractivity contribution in [2.24, 2.45) is 0 Å². The van der Waals surface area contributed by atoms with Crippen molar-refractivity contribution < 1.29 is 23.4 Å². The van der Waals surface area contributed by atoms with Crippen LogP contribution in [-0.4, -0.2) is 20.5 Å². The number of rotatable bonds is 5. The summed E-state index contributed by atoms with van der Waals surface area (Å²) in [6.45, 7) is 0. The van der Waals surface area contributed by atoms with Crippen molar-refractivity contribution in [1.82, 2.24) is 0 Å². The molecular formula is C13H12O5. The molecule has 0 aliphatic heterocycles. The highest BCUT2D eigenvalue weighted by Gasteiger charge is 2.14. The zero-order valence-electron chi connectivity index (χ0n) is 10.0. The van der Waals surface area contributed by atoms with E-state index in [1.807, 2.05) is 0 Å². The van der Waals surface area contributed by atoms with Crippen LogP contribution in [0.1, 0.15) is 10.6 Å². The van der Waals surface area contributed by atoms with Gasteiger partial charge >= 0.3 is 0 Å². The molecule has 0 radical (unpaired) electrons. The van der Waals surface area contributed by atoms with E-state index < -0.39 is 0 Å². The van der Waals surface area contributed by atoms with Crippen LogP contribution in [-0.2, 0) is 0 Å². The van der Waals surface area contributed by atoms with E-state index in [4.69, 9.17) is 18.6 Å². The Labute approximate surface area is 104 Å². The second-order valence-electron chi connectivity index (χ2n) is 3.37. The zero-order chi connectivity index (χ0) is 13.0. The molecule has 2 aromatic rings. The quantitative estimate of drug-likeness (QED) is 0.761. The van der Waals surface area contributed by atoms with Crippen LogP contribution < -0.4 is 14.2 Å². The number of para-hydroxylation sites is 1. The first kappa shape index (κ1) is 12.0. The first-order valence-corrected chi connectivity index (χ1v) is 5.22. The van der Waals surface area contributed by atoms with E-state index in [0.717, 1.165) is 0 Å². The van der Waals surface area contributed by atoms with E-state index >= 15 is 0 Å². The van der Waals surface area contributed by atoms with E-state index in [-0.39, 0.29) is 11.7 Å². The van der Waals surface area contributed by atoms with Crippen molar-refractivity contribution in [1.29, 1.82) is 0 Å². The Bertz CT molecular complexity index is 522. The maximum atomic E-state index is 10.5. The monoisotopic (exact) mass is 248 g/mol. The van der Waals surface area contributed by atoms with Crippen molar-refractivity contribution in [2.45, 2.75) is 0 Å². The second kappa shape index (κ2) is 5.27. The summed E-state index contributed by atoms with van der Waals surface area (Å²) < 4.78 is 21.0. The molecule has 0 spiro atoms. The molecule has 18 heavy (non-hydrogen) atoms. The number of aldehydes is 1. The van der Waals surface area contributed by atoms with Crippen molar-refractivity contribution in [3.63, 3.8) is 0 Å².